The maximum absolute atomic E-state index is 12.3. The fraction of sp³-hybridized carbons (Fsp3) is 0.929. The molecule has 0 saturated carbocycles. The van der Waals surface area contributed by atoms with E-state index in [1.807, 2.05) is 0 Å². The Labute approximate surface area is 110 Å². The van der Waals surface area contributed by atoms with E-state index in [9.17, 15) is 4.79 Å². The van der Waals surface area contributed by atoms with Gasteiger partial charge < -0.3 is 5.32 Å². The summed E-state index contributed by atoms with van der Waals surface area (Å²) in [5.41, 5.74) is 3.14. The van der Waals surface area contributed by atoms with Crippen LogP contribution in [0.4, 0.5) is 0 Å². The molecule has 2 aliphatic heterocycles. The predicted octanol–water partition coefficient (Wildman–Crippen LogP) is 1.67. The first-order chi connectivity index (χ1) is 8.58. The van der Waals surface area contributed by atoms with Crippen molar-refractivity contribution in [3.8, 4) is 0 Å². The second-order valence-electron chi connectivity index (χ2n) is 6.15. The topological polar surface area (TPSA) is 44.4 Å². The van der Waals surface area contributed by atoms with Gasteiger partial charge in [0, 0.05) is 12.1 Å². The zero-order valence-corrected chi connectivity index (χ0v) is 11.9. The number of nitrogens with zero attached hydrogens (tertiary/aromatic N) is 1. The molecule has 2 aliphatic rings. The number of piperidine rings is 2. The lowest BCUT2D eigenvalue weighted by atomic mass is 9.94. The third-order valence-electron chi connectivity index (χ3n) is 4.42. The molecule has 0 bridgehead atoms. The summed E-state index contributed by atoms with van der Waals surface area (Å²) in [6.07, 6.45) is 5.77. The molecule has 2 rings (SSSR count). The number of carbonyl (C=O) groups is 1. The lowest BCUT2D eigenvalue weighted by Gasteiger charge is -2.40. The van der Waals surface area contributed by atoms with Gasteiger partial charge in [-0.15, -0.1) is 0 Å². The molecule has 2 heterocycles. The zero-order chi connectivity index (χ0) is 13.1. The molecule has 4 unspecified atom stereocenters. The van der Waals surface area contributed by atoms with Crippen LogP contribution in [0, 0.1) is 5.92 Å². The molecule has 1 amide bonds. The van der Waals surface area contributed by atoms with E-state index >= 15 is 0 Å². The highest BCUT2D eigenvalue weighted by Gasteiger charge is 2.30. The highest BCUT2D eigenvalue weighted by Crippen LogP contribution is 2.21. The fourth-order valence-electron chi connectivity index (χ4n) is 3.15. The molecule has 2 fully saturated rings. The van der Waals surface area contributed by atoms with Gasteiger partial charge in [0.25, 0.3) is 5.91 Å². The largest absolute Gasteiger partial charge is 0.306 e. The first-order valence-corrected chi connectivity index (χ1v) is 7.40. The van der Waals surface area contributed by atoms with Crippen molar-refractivity contribution < 1.29 is 4.79 Å². The van der Waals surface area contributed by atoms with Crippen LogP contribution < -0.4 is 10.7 Å². The molecule has 4 nitrogen and oxygen atoms in total. The van der Waals surface area contributed by atoms with Crippen LogP contribution in [0.3, 0.4) is 0 Å². The summed E-state index contributed by atoms with van der Waals surface area (Å²) < 4.78 is 0. The molecule has 2 N–H and O–H groups in total. The smallest absolute Gasteiger partial charge is 0.251 e. The average Bonchev–Trinajstić information content (AvgIpc) is 2.34. The molecule has 104 valence electrons. The van der Waals surface area contributed by atoms with E-state index in [1.165, 1.54) is 25.7 Å². The van der Waals surface area contributed by atoms with Gasteiger partial charge in [-0.3, -0.25) is 10.2 Å². The Morgan fingerprint density at radius 1 is 1.17 bits per heavy atom. The van der Waals surface area contributed by atoms with Crippen LogP contribution >= 0.6 is 0 Å². The molecule has 4 atom stereocenters. The second kappa shape index (κ2) is 6.02. The zero-order valence-electron chi connectivity index (χ0n) is 11.9. The summed E-state index contributed by atoms with van der Waals surface area (Å²) in [6.45, 7) is 7.59. The van der Waals surface area contributed by atoms with Crippen LogP contribution in [-0.2, 0) is 4.79 Å². The molecular weight excluding hydrogens is 226 g/mol. The molecule has 0 aromatic carbocycles. The Morgan fingerprint density at radius 3 is 2.44 bits per heavy atom. The number of amides is 1. The van der Waals surface area contributed by atoms with Crippen molar-refractivity contribution in [2.24, 2.45) is 5.92 Å². The first kappa shape index (κ1) is 13.8. The third kappa shape index (κ3) is 3.23. The Morgan fingerprint density at radius 2 is 1.83 bits per heavy atom. The van der Waals surface area contributed by atoms with Crippen LogP contribution in [0.5, 0.6) is 0 Å². The van der Waals surface area contributed by atoms with Gasteiger partial charge in [-0.25, -0.2) is 5.01 Å². The SMILES string of the molecule is CC1CCNC(C(=O)NN2C(C)CCCC2C)C1. The van der Waals surface area contributed by atoms with Crippen LogP contribution in [-0.4, -0.2) is 35.6 Å². The van der Waals surface area contributed by atoms with Crippen molar-refractivity contribution >= 4 is 5.91 Å². The average molecular weight is 253 g/mol. The number of rotatable bonds is 2. The number of nitrogens with one attached hydrogen (secondary N) is 2. The van der Waals surface area contributed by atoms with E-state index < -0.39 is 0 Å². The van der Waals surface area contributed by atoms with E-state index in [0.29, 0.717) is 18.0 Å². The van der Waals surface area contributed by atoms with Gasteiger partial charge in [-0.1, -0.05) is 13.3 Å². The minimum absolute atomic E-state index is 0.00456. The van der Waals surface area contributed by atoms with Gasteiger partial charge in [0.15, 0.2) is 0 Å². The number of hydrazine groups is 1. The van der Waals surface area contributed by atoms with E-state index in [1.54, 1.807) is 0 Å². The Kier molecular flexibility index (Phi) is 4.62. The molecule has 0 aromatic rings. The molecular formula is C14H27N3O. The highest BCUT2D eigenvalue weighted by atomic mass is 16.2. The van der Waals surface area contributed by atoms with Crippen molar-refractivity contribution in [3.63, 3.8) is 0 Å². The Bertz CT molecular complexity index is 285. The minimum Gasteiger partial charge on any atom is -0.306 e. The molecule has 0 spiro atoms. The van der Waals surface area contributed by atoms with Gasteiger partial charge >= 0.3 is 0 Å². The van der Waals surface area contributed by atoms with Gasteiger partial charge in [0.2, 0.25) is 0 Å². The normalized spacial score (nSPS) is 38.4. The van der Waals surface area contributed by atoms with E-state index in [4.69, 9.17) is 0 Å². The summed E-state index contributed by atoms with van der Waals surface area (Å²) in [7, 11) is 0. The quantitative estimate of drug-likeness (QED) is 0.787. The maximum Gasteiger partial charge on any atom is 0.251 e. The molecule has 0 radical (unpaired) electrons. The van der Waals surface area contributed by atoms with Crippen LogP contribution in [0.25, 0.3) is 0 Å². The summed E-state index contributed by atoms with van der Waals surface area (Å²) >= 11 is 0. The highest BCUT2D eigenvalue weighted by molar-refractivity contribution is 5.81. The van der Waals surface area contributed by atoms with Gasteiger partial charge in [0.05, 0.1) is 6.04 Å². The fourth-order valence-corrected chi connectivity index (χ4v) is 3.15. The summed E-state index contributed by atoms with van der Waals surface area (Å²) in [4.78, 5) is 12.3. The number of hydrogen-bond donors (Lipinski definition) is 2. The maximum atomic E-state index is 12.3. The van der Waals surface area contributed by atoms with Crippen molar-refractivity contribution in [2.75, 3.05) is 6.54 Å². The van der Waals surface area contributed by atoms with Crippen molar-refractivity contribution in [3.05, 3.63) is 0 Å². The number of carbonyl (C=O) groups excluding carboxylic acids is 1. The van der Waals surface area contributed by atoms with E-state index in [0.717, 1.165) is 13.0 Å². The third-order valence-corrected chi connectivity index (χ3v) is 4.42. The lowest BCUT2D eigenvalue weighted by molar-refractivity contribution is -0.132. The van der Waals surface area contributed by atoms with Gasteiger partial charge in [-0.2, -0.15) is 0 Å². The Hall–Kier alpha value is -0.610. The van der Waals surface area contributed by atoms with Crippen molar-refractivity contribution in [2.45, 2.75) is 71.0 Å². The van der Waals surface area contributed by atoms with Crippen LogP contribution in [0.15, 0.2) is 0 Å². The molecule has 2 saturated heterocycles. The summed E-state index contributed by atoms with van der Waals surface area (Å²) in [5.74, 6) is 0.806. The molecule has 0 aromatic heterocycles. The number of hydrogen-bond acceptors (Lipinski definition) is 3. The lowest BCUT2D eigenvalue weighted by Crippen LogP contribution is -2.59. The van der Waals surface area contributed by atoms with Crippen molar-refractivity contribution in [1.29, 1.82) is 0 Å². The van der Waals surface area contributed by atoms with Crippen molar-refractivity contribution in [1.82, 2.24) is 15.8 Å². The van der Waals surface area contributed by atoms with Crippen LogP contribution in [0.1, 0.15) is 52.9 Å². The summed E-state index contributed by atoms with van der Waals surface area (Å²) in [6, 6.07) is 0.910. The Balaban J connectivity index is 1.89. The molecule has 0 aliphatic carbocycles. The predicted molar refractivity (Wildman–Crippen MR) is 72.9 cm³/mol. The second-order valence-corrected chi connectivity index (χ2v) is 6.15. The summed E-state index contributed by atoms with van der Waals surface area (Å²) in [5, 5.41) is 5.49. The monoisotopic (exact) mass is 253 g/mol. The van der Waals surface area contributed by atoms with Gasteiger partial charge in [-0.05, 0) is 52.0 Å². The first-order valence-electron chi connectivity index (χ1n) is 7.40. The van der Waals surface area contributed by atoms with E-state index in [2.05, 4.69) is 36.5 Å². The van der Waals surface area contributed by atoms with Crippen LogP contribution in [0.2, 0.25) is 0 Å². The standard InChI is InChI=1S/C14H27N3O/c1-10-7-8-15-13(9-10)14(18)16-17-11(2)5-4-6-12(17)3/h10-13,15H,4-9H2,1-3H3,(H,16,18). The van der Waals surface area contributed by atoms with Gasteiger partial charge in [0.1, 0.15) is 0 Å². The van der Waals surface area contributed by atoms with E-state index in [-0.39, 0.29) is 11.9 Å². The molecule has 4 heteroatoms. The molecule has 18 heavy (non-hydrogen) atoms. The minimum atomic E-state index is -0.00456.